The van der Waals surface area contributed by atoms with Gasteiger partial charge < -0.3 is 5.11 Å². The van der Waals surface area contributed by atoms with Gasteiger partial charge >= 0.3 is 5.97 Å². The van der Waals surface area contributed by atoms with Crippen molar-refractivity contribution in [2.24, 2.45) is 11.3 Å². The maximum atomic E-state index is 10.8. The number of hydrogen-bond acceptors (Lipinski definition) is 1. The average molecular weight is 170 g/mol. The van der Waals surface area contributed by atoms with Crippen molar-refractivity contribution in [3.63, 3.8) is 0 Å². The maximum Gasteiger partial charge on any atom is 0.313 e. The van der Waals surface area contributed by atoms with Gasteiger partial charge in [-0.15, -0.1) is 6.58 Å². The summed E-state index contributed by atoms with van der Waals surface area (Å²) in [7, 11) is 0. The van der Waals surface area contributed by atoms with E-state index in [2.05, 4.69) is 20.4 Å². The van der Waals surface area contributed by atoms with Crippen LogP contribution < -0.4 is 0 Å². The van der Waals surface area contributed by atoms with Gasteiger partial charge in [-0.1, -0.05) is 19.9 Å². The number of carboxylic acids is 1. The molecule has 0 spiro atoms. The Labute approximate surface area is 74.3 Å². The lowest BCUT2D eigenvalue weighted by atomic mass is 9.83. The van der Waals surface area contributed by atoms with Crippen LogP contribution in [-0.2, 0) is 4.79 Å². The fraction of sp³-hybridized carbons (Fsp3) is 0.700. The van der Waals surface area contributed by atoms with E-state index in [1.807, 2.05) is 0 Å². The molecule has 1 N–H and O–H groups in total. The largest absolute Gasteiger partial charge is 0.481 e. The van der Waals surface area contributed by atoms with Gasteiger partial charge in [0.25, 0.3) is 0 Å². The summed E-state index contributed by atoms with van der Waals surface area (Å²) in [5.41, 5.74) is -0.746. The van der Waals surface area contributed by atoms with Crippen molar-refractivity contribution in [2.75, 3.05) is 0 Å². The molecule has 0 aliphatic heterocycles. The highest BCUT2D eigenvalue weighted by molar-refractivity contribution is 5.76. The van der Waals surface area contributed by atoms with Gasteiger partial charge in [-0.25, -0.2) is 0 Å². The first-order valence-electron chi connectivity index (χ1n) is 4.29. The summed E-state index contributed by atoms with van der Waals surface area (Å²) in [6, 6.07) is 0. The monoisotopic (exact) mass is 170 g/mol. The Bertz CT molecular complexity index is 173. The quantitative estimate of drug-likeness (QED) is 0.644. The zero-order valence-corrected chi connectivity index (χ0v) is 8.13. The second kappa shape index (κ2) is 4.29. The summed E-state index contributed by atoms with van der Waals surface area (Å²) in [4.78, 5) is 10.8. The zero-order chi connectivity index (χ0) is 9.78. The van der Waals surface area contributed by atoms with Gasteiger partial charge in [0.2, 0.25) is 0 Å². The number of rotatable bonds is 5. The zero-order valence-electron chi connectivity index (χ0n) is 8.13. The van der Waals surface area contributed by atoms with Crippen molar-refractivity contribution < 1.29 is 9.90 Å². The van der Waals surface area contributed by atoms with Crippen LogP contribution in [0.4, 0.5) is 0 Å². The van der Waals surface area contributed by atoms with E-state index in [4.69, 9.17) is 5.11 Å². The van der Waals surface area contributed by atoms with Crippen molar-refractivity contribution in [3.8, 4) is 0 Å². The van der Waals surface area contributed by atoms with E-state index in [9.17, 15) is 4.79 Å². The molecular weight excluding hydrogens is 152 g/mol. The molecule has 1 unspecified atom stereocenters. The second-order valence-electron chi connectivity index (χ2n) is 3.86. The van der Waals surface area contributed by atoms with Crippen LogP contribution in [-0.4, -0.2) is 11.1 Å². The van der Waals surface area contributed by atoms with Gasteiger partial charge in [0.15, 0.2) is 0 Å². The van der Waals surface area contributed by atoms with E-state index in [1.165, 1.54) is 6.08 Å². The summed E-state index contributed by atoms with van der Waals surface area (Å²) >= 11 is 0. The van der Waals surface area contributed by atoms with Crippen molar-refractivity contribution >= 4 is 5.97 Å². The van der Waals surface area contributed by atoms with Crippen LogP contribution >= 0.6 is 0 Å². The van der Waals surface area contributed by atoms with Crippen molar-refractivity contribution in [1.82, 2.24) is 0 Å². The molecule has 0 radical (unpaired) electrons. The van der Waals surface area contributed by atoms with Crippen molar-refractivity contribution in [2.45, 2.75) is 33.6 Å². The van der Waals surface area contributed by atoms with Gasteiger partial charge in [0, 0.05) is 0 Å². The fourth-order valence-electron chi connectivity index (χ4n) is 0.885. The van der Waals surface area contributed by atoms with E-state index in [0.717, 1.165) is 6.42 Å². The van der Waals surface area contributed by atoms with Crippen LogP contribution in [0.5, 0.6) is 0 Å². The number of aliphatic carboxylic acids is 1. The molecule has 0 saturated heterocycles. The van der Waals surface area contributed by atoms with Gasteiger partial charge in [-0.3, -0.25) is 4.79 Å². The minimum Gasteiger partial charge on any atom is -0.481 e. The molecule has 0 bridgehead atoms. The summed E-state index contributed by atoms with van der Waals surface area (Å²) in [6.45, 7) is 9.44. The van der Waals surface area contributed by atoms with Crippen LogP contribution in [0.25, 0.3) is 0 Å². The smallest absolute Gasteiger partial charge is 0.313 e. The molecular formula is C10H18O2. The molecule has 0 saturated carbocycles. The predicted octanol–water partition coefficient (Wildman–Crippen LogP) is 2.70. The first kappa shape index (κ1) is 11.2. The van der Waals surface area contributed by atoms with Crippen LogP contribution in [0.15, 0.2) is 12.7 Å². The van der Waals surface area contributed by atoms with Crippen molar-refractivity contribution in [1.29, 1.82) is 0 Å². The molecule has 0 amide bonds. The third-order valence-electron chi connectivity index (χ3n) is 2.18. The molecule has 0 fully saturated rings. The standard InChI is InChI=1S/C10H18O2/c1-5-10(4,9(11)12)7-6-8(2)3/h5,8H,1,6-7H2,2-4H3,(H,11,12). The van der Waals surface area contributed by atoms with E-state index in [-0.39, 0.29) is 0 Å². The van der Waals surface area contributed by atoms with Gasteiger partial charge in [0.1, 0.15) is 0 Å². The fourth-order valence-corrected chi connectivity index (χ4v) is 0.885. The molecule has 2 heteroatoms. The van der Waals surface area contributed by atoms with Gasteiger partial charge in [-0.05, 0) is 25.7 Å². The third-order valence-corrected chi connectivity index (χ3v) is 2.18. The first-order chi connectivity index (χ1) is 5.42. The molecule has 0 aromatic carbocycles. The van der Waals surface area contributed by atoms with Crippen LogP contribution in [0, 0.1) is 11.3 Å². The molecule has 12 heavy (non-hydrogen) atoms. The topological polar surface area (TPSA) is 37.3 Å². The lowest BCUT2D eigenvalue weighted by Gasteiger charge is -2.20. The number of carbonyl (C=O) groups is 1. The summed E-state index contributed by atoms with van der Waals surface area (Å²) in [5.74, 6) is -0.234. The van der Waals surface area contributed by atoms with E-state index >= 15 is 0 Å². The minimum atomic E-state index is -0.779. The molecule has 2 nitrogen and oxygen atoms in total. The van der Waals surface area contributed by atoms with Crippen LogP contribution in [0.3, 0.4) is 0 Å². The molecule has 0 aliphatic rings. The highest BCUT2D eigenvalue weighted by Crippen LogP contribution is 2.26. The Morgan fingerprint density at radius 2 is 2.17 bits per heavy atom. The molecule has 0 aromatic rings. The molecule has 0 aliphatic carbocycles. The molecule has 0 heterocycles. The molecule has 0 aromatic heterocycles. The highest BCUT2D eigenvalue weighted by atomic mass is 16.4. The Hall–Kier alpha value is -0.790. The normalized spacial score (nSPS) is 15.7. The van der Waals surface area contributed by atoms with Crippen LogP contribution in [0.1, 0.15) is 33.6 Å². The summed E-state index contributed by atoms with van der Waals surface area (Å²) in [6.07, 6.45) is 3.12. The van der Waals surface area contributed by atoms with Crippen LogP contribution in [0.2, 0.25) is 0 Å². The molecule has 0 rings (SSSR count). The molecule has 1 atom stereocenters. The van der Waals surface area contributed by atoms with Gasteiger partial charge in [0.05, 0.1) is 5.41 Å². The maximum absolute atomic E-state index is 10.8. The Morgan fingerprint density at radius 3 is 2.42 bits per heavy atom. The SMILES string of the molecule is C=CC(C)(CCC(C)C)C(=O)O. The first-order valence-corrected chi connectivity index (χ1v) is 4.29. The van der Waals surface area contributed by atoms with E-state index in [0.29, 0.717) is 12.3 Å². The Balaban J connectivity index is 4.15. The molecule has 70 valence electrons. The average Bonchev–Trinajstić information content (AvgIpc) is 1.99. The second-order valence-corrected chi connectivity index (χ2v) is 3.86. The number of hydrogen-bond donors (Lipinski definition) is 1. The summed E-state index contributed by atoms with van der Waals surface area (Å²) < 4.78 is 0. The van der Waals surface area contributed by atoms with E-state index in [1.54, 1.807) is 6.92 Å². The lowest BCUT2D eigenvalue weighted by Crippen LogP contribution is -2.25. The highest BCUT2D eigenvalue weighted by Gasteiger charge is 2.28. The predicted molar refractivity (Wildman–Crippen MR) is 50.0 cm³/mol. The summed E-state index contributed by atoms with van der Waals surface area (Å²) in [5, 5.41) is 8.87. The lowest BCUT2D eigenvalue weighted by molar-refractivity contribution is -0.145. The number of carboxylic acid groups (broad SMARTS) is 1. The van der Waals surface area contributed by atoms with Crippen molar-refractivity contribution in [3.05, 3.63) is 12.7 Å². The van der Waals surface area contributed by atoms with E-state index < -0.39 is 11.4 Å². The minimum absolute atomic E-state index is 0.545. The van der Waals surface area contributed by atoms with Gasteiger partial charge in [-0.2, -0.15) is 0 Å². The third kappa shape index (κ3) is 3.07. The Kier molecular flexibility index (Phi) is 4.01. The Morgan fingerprint density at radius 1 is 1.67 bits per heavy atom.